The molecule has 45 heavy (non-hydrogen) atoms. The molecule has 2 amide bonds. The molecule has 3 N–H and O–H groups in total. The third kappa shape index (κ3) is 7.96. The van der Waals surface area contributed by atoms with Crippen molar-refractivity contribution in [3.05, 3.63) is 125 Å². The van der Waals surface area contributed by atoms with E-state index in [1.54, 1.807) is 36.4 Å². The van der Waals surface area contributed by atoms with Crippen molar-refractivity contribution in [1.82, 2.24) is 5.32 Å². The normalized spacial score (nSPS) is 12.6. The van der Waals surface area contributed by atoms with Gasteiger partial charge in [0.25, 0.3) is 0 Å². The maximum absolute atomic E-state index is 13.4. The number of carboxylic acids is 1. The maximum Gasteiger partial charge on any atom is 0.407 e. The molecule has 0 saturated heterocycles. The molecule has 4 aromatic carbocycles. The quantitative estimate of drug-likeness (QED) is 0.200. The largest absolute Gasteiger partial charge is 0.478 e. The summed E-state index contributed by atoms with van der Waals surface area (Å²) in [5.41, 5.74) is 5.67. The number of anilines is 1. The molecule has 0 spiro atoms. The summed E-state index contributed by atoms with van der Waals surface area (Å²) in [5, 5.41) is 14.7. The van der Waals surface area contributed by atoms with Crippen LogP contribution >= 0.6 is 0 Å². The molecule has 8 nitrogen and oxygen atoms in total. The summed E-state index contributed by atoms with van der Waals surface area (Å²) >= 11 is 0. The summed E-state index contributed by atoms with van der Waals surface area (Å²) in [6.07, 6.45) is -0.724. The van der Waals surface area contributed by atoms with Crippen LogP contribution in [0.5, 0.6) is 0 Å². The average molecular weight is 603 g/mol. The number of nitrogens with one attached hydrogen (secondary N) is 2. The van der Waals surface area contributed by atoms with Gasteiger partial charge in [-0.05, 0) is 79.4 Å². The van der Waals surface area contributed by atoms with Crippen molar-refractivity contribution in [2.45, 2.75) is 38.3 Å². The molecule has 8 heteroatoms. The van der Waals surface area contributed by atoms with E-state index in [4.69, 9.17) is 9.47 Å². The van der Waals surface area contributed by atoms with Gasteiger partial charge in [0.05, 0.1) is 17.8 Å². The second-order valence-electron chi connectivity index (χ2n) is 11.7. The first-order valence-electron chi connectivity index (χ1n) is 14.6. The van der Waals surface area contributed by atoms with E-state index in [0.717, 1.165) is 22.3 Å². The van der Waals surface area contributed by atoms with Crippen LogP contribution in [-0.2, 0) is 14.3 Å². The fourth-order valence-electron chi connectivity index (χ4n) is 5.08. The highest BCUT2D eigenvalue weighted by Crippen LogP contribution is 2.44. The number of benzene rings is 4. The minimum Gasteiger partial charge on any atom is -0.478 e. The number of aromatic carboxylic acids is 1. The zero-order valence-electron chi connectivity index (χ0n) is 25.3. The van der Waals surface area contributed by atoms with Gasteiger partial charge in [0.15, 0.2) is 0 Å². The fourth-order valence-corrected chi connectivity index (χ4v) is 5.08. The first kappa shape index (κ1) is 31.0. The Bertz CT molecular complexity index is 1750. The predicted molar refractivity (Wildman–Crippen MR) is 172 cm³/mol. The highest BCUT2D eigenvalue weighted by molar-refractivity contribution is 5.97. The third-order valence-electron chi connectivity index (χ3n) is 7.23. The number of hydrogen-bond donors (Lipinski definition) is 3. The molecule has 0 saturated carbocycles. The Morgan fingerprint density at radius 3 is 2.04 bits per heavy atom. The number of amides is 2. The summed E-state index contributed by atoms with van der Waals surface area (Å²) in [4.78, 5) is 37.7. The van der Waals surface area contributed by atoms with Crippen LogP contribution in [0, 0.1) is 11.8 Å². The first-order chi connectivity index (χ1) is 21.6. The first-order valence-corrected chi connectivity index (χ1v) is 14.6. The molecule has 0 aliphatic heterocycles. The van der Waals surface area contributed by atoms with Crippen LogP contribution in [-0.4, -0.2) is 47.9 Å². The Labute approximate surface area is 262 Å². The fraction of sp³-hybridized carbons (Fsp3) is 0.216. The van der Waals surface area contributed by atoms with Gasteiger partial charge in [0.2, 0.25) is 5.91 Å². The van der Waals surface area contributed by atoms with E-state index < -0.39 is 29.6 Å². The van der Waals surface area contributed by atoms with Crippen LogP contribution in [0.25, 0.3) is 11.1 Å². The smallest absolute Gasteiger partial charge is 0.407 e. The predicted octanol–water partition coefficient (Wildman–Crippen LogP) is 6.45. The molecule has 0 unspecified atom stereocenters. The zero-order valence-corrected chi connectivity index (χ0v) is 25.3. The molecule has 1 aliphatic rings. The maximum atomic E-state index is 13.4. The summed E-state index contributed by atoms with van der Waals surface area (Å²) in [7, 11) is 0. The Kier molecular flexibility index (Phi) is 9.31. The Morgan fingerprint density at radius 1 is 0.822 bits per heavy atom. The van der Waals surface area contributed by atoms with E-state index in [1.165, 1.54) is 12.1 Å². The number of hydrogen-bond acceptors (Lipinski definition) is 5. The molecule has 4 aromatic rings. The van der Waals surface area contributed by atoms with Crippen molar-refractivity contribution in [3.63, 3.8) is 0 Å². The van der Waals surface area contributed by atoms with Gasteiger partial charge in [0.1, 0.15) is 12.6 Å². The molecule has 1 atom stereocenters. The Balaban J connectivity index is 1.26. The molecule has 0 aromatic heterocycles. The van der Waals surface area contributed by atoms with Gasteiger partial charge in [-0.15, -0.1) is 0 Å². The molecule has 1 aliphatic carbocycles. The lowest BCUT2D eigenvalue weighted by Gasteiger charge is -2.25. The van der Waals surface area contributed by atoms with Gasteiger partial charge >= 0.3 is 12.1 Å². The molecule has 0 fully saturated rings. The second kappa shape index (κ2) is 13.5. The second-order valence-corrected chi connectivity index (χ2v) is 11.7. The number of carbonyl (C=O) groups excluding carboxylic acids is 2. The van der Waals surface area contributed by atoms with E-state index in [-0.39, 0.29) is 24.7 Å². The van der Waals surface area contributed by atoms with Crippen LogP contribution in [0.3, 0.4) is 0 Å². The van der Waals surface area contributed by atoms with Crippen molar-refractivity contribution < 1.29 is 29.0 Å². The molecule has 0 bridgehead atoms. The summed E-state index contributed by atoms with van der Waals surface area (Å²) < 4.78 is 11.5. The summed E-state index contributed by atoms with van der Waals surface area (Å²) in [6, 6.07) is 28.4. The molecule has 0 radical (unpaired) electrons. The van der Waals surface area contributed by atoms with Gasteiger partial charge in [-0.2, -0.15) is 0 Å². The van der Waals surface area contributed by atoms with E-state index >= 15 is 0 Å². The number of carboxylic acid groups (broad SMARTS) is 1. The Morgan fingerprint density at radius 2 is 1.42 bits per heavy atom. The van der Waals surface area contributed by atoms with E-state index in [9.17, 15) is 19.5 Å². The van der Waals surface area contributed by atoms with Crippen molar-refractivity contribution >= 4 is 23.7 Å². The third-order valence-corrected chi connectivity index (χ3v) is 7.23. The summed E-state index contributed by atoms with van der Waals surface area (Å²) in [6.45, 7) is 5.64. The van der Waals surface area contributed by atoms with Gasteiger partial charge in [-0.25, -0.2) is 9.59 Å². The van der Waals surface area contributed by atoms with Gasteiger partial charge in [-0.3, -0.25) is 4.79 Å². The molecular weight excluding hydrogens is 568 g/mol. The highest BCUT2D eigenvalue weighted by Gasteiger charge is 2.30. The number of fused-ring (bicyclic) bond motifs is 3. The number of alkyl carbamates (subject to hydrolysis) is 1. The summed E-state index contributed by atoms with van der Waals surface area (Å²) in [5.74, 6) is 4.33. The van der Waals surface area contributed by atoms with E-state index in [1.807, 2.05) is 57.2 Å². The minimum absolute atomic E-state index is 0.0705. The minimum atomic E-state index is -1.03. The van der Waals surface area contributed by atoms with E-state index in [2.05, 4.69) is 34.6 Å². The SMILES string of the molecule is CC(C)(C)OC[C@H](NC(=O)OCC1c2ccccc2-c2ccccc21)C(=O)Nc1cccc(C#Cc2cccc(C(=O)O)c2)c1. The lowest BCUT2D eigenvalue weighted by Crippen LogP contribution is -2.48. The molecule has 0 heterocycles. The van der Waals surface area contributed by atoms with E-state index in [0.29, 0.717) is 16.8 Å². The number of rotatable bonds is 8. The van der Waals surface area contributed by atoms with Gasteiger partial charge in [0, 0.05) is 22.7 Å². The van der Waals surface area contributed by atoms with Crippen LogP contribution in [0.2, 0.25) is 0 Å². The Hall–Kier alpha value is -5.39. The van der Waals surface area contributed by atoms with Crippen LogP contribution in [0.15, 0.2) is 97.1 Å². The van der Waals surface area contributed by atoms with Crippen LogP contribution in [0.1, 0.15) is 59.3 Å². The average Bonchev–Trinajstić information content (AvgIpc) is 3.34. The van der Waals surface area contributed by atoms with Crippen molar-refractivity contribution in [2.75, 3.05) is 18.5 Å². The number of ether oxygens (including phenoxy) is 2. The number of carbonyl (C=O) groups is 3. The van der Waals surface area contributed by atoms with Gasteiger partial charge < -0.3 is 25.2 Å². The lowest BCUT2D eigenvalue weighted by molar-refractivity contribution is -0.121. The topological polar surface area (TPSA) is 114 Å². The monoisotopic (exact) mass is 602 g/mol. The van der Waals surface area contributed by atoms with Crippen LogP contribution < -0.4 is 10.6 Å². The molecule has 5 rings (SSSR count). The lowest BCUT2D eigenvalue weighted by atomic mass is 9.98. The molecular formula is C37H34N2O6. The standard InChI is InChI=1S/C37H34N2O6/c1-37(2,3)45-23-33(39-36(43)44-22-32-30-16-6-4-14-28(30)29-15-5-7-17-31(29)32)34(40)38-27-13-9-11-25(21-27)19-18-24-10-8-12-26(20-24)35(41)42/h4-17,20-21,32-33H,22-23H2,1-3H3,(H,38,40)(H,39,43)(H,41,42)/t33-/m0/s1. The van der Waals surface area contributed by atoms with Gasteiger partial charge in [-0.1, -0.05) is 72.5 Å². The van der Waals surface area contributed by atoms with Crippen molar-refractivity contribution in [2.24, 2.45) is 0 Å². The van der Waals surface area contributed by atoms with Crippen molar-refractivity contribution in [3.8, 4) is 23.0 Å². The van der Waals surface area contributed by atoms with Crippen LogP contribution in [0.4, 0.5) is 10.5 Å². The highest BCUT2D eigenvalue weighted by atomic mass is 16.5. The zero-order chi connectivity index (χ0) is 32.0. The van der Waals surface area contributed by atoms with Crippen molar-refractivity contribution in [1.29, 1.82) is 0 Å². The molecule has 228 valence electrons.